The number of ether oxygens (including phenoxy) is 3. The molecular formula is C24H24N4O4S. The first-order valence-corrected chi connectivity index (χ1v) is 11.3. The van der Waals surface area contributed by atoms with E-state index in [0.717, 1.165) is 27.0 Å². The molecule has 170 valence electrons. The normalized spacial score (nSPS) is 15.3. The zero-order valence-corrected chi connectivity index (χ0v) is 19.9. The van der Waals surface area contributed by atoms with Gasteiger partial charge >= 0.3 is 0 Å². The van der Waals surface area contributed by atoms with Crippen LogP contribution in [-0.4, -0.2) is 42.0 Å². The summed E-state index contributed by atoms with van der Waals surface area (Å²) < 4.78 is 19.5. The molecule has 1 aliphatic heterocycles. The molecule has 1 amide bonds. The highest BCUT2D eigenvalue weighted by Gasteiger charge is 2.36. The second kappa shape index (κ2) is 8.08. The molecule has 3 heterocycles. The Morgan fingerprint density at radius 3 is 2.58 bits per heavy atom. The first-order valence-electron chi connectivity index (χ1n) is 10.5. The third kappa shape index (κ3) is 3.39. The lowest BCUT2D eigenvalue weighted by molar-refractivity contribution is -0.116. The van der Waals surface area contributed by atoms with Gasteiger partial charge in [0.2, 0.25) is 16.8 Å². The molecule has 2 aromatic heterocycles. The van der Waals surface area contributed by atoms with E-state index in [1.165, 1.54) is 5.56 Å². The van der Waals surface area contributed by atoms with Crippen LogP contribution in [0.4, 0.5) is 5.82 Å². The summed E-state index contributed by atoms with van der Waals surface area (Å²) in [4.78, 5) is 17.6. The second-order valence-corrected chi connectivity index (χ2v) is 8.96. The first-order chi connectivity index (χ1) is 15.9. The van der Waals surface area contributed by atoms with Crippen molar-refractivity contribution in [3.05, 3.63) is 52.7 Å². The number of nitrogens with zero attached hydrogens (tertiary/aromatic N) is 3. The van der Waals surface area contributed by atoms with Gasteiger partial charge in [0.15, 0.2) is 11.5 Å². The molecule has 0 saturated carbocycles. The van der Waals surface area contributed by atoms with E-state index in [0.29, 0.717) is 28.2 Å². The molecule has 0 unspecified atom stereocenters. The highest BCUT2D eigenvalue weighted by Crippen LogP contribution is 2.48. The van der Waals surface area contributed by atoms with Gasteiger partial charge in [0.1, 0.15) is 5.82 Å². The minimum Gasteiger partial charge on any atom is -0.493 e. The van der Waals surface area contributed by atoms with Crippen molar-refractivity contribution in [3.8, 4) is 22.4 Å². The van der Waals surface area contributed by atoms with E-state index in [-0.39, 0.29) is 18.2 Å². The van der Waals surface area contributed by atoms with Crippen LogP contribution >= 0.6 is 11.3 Å². The van der Waals surface area contributed by atoms with E-state index in [1.807, 2.05) is 31.2 Å². The molecule has 0 aliphatic carbocycles. The molecule has 2 aromatic carbocycles. The van der Waals surface area contributed by atoms with Gasteiger partial charge < -0.3 is 19.5 Å². The molecular weight excluding hydrogens is 440 g/mol. The molecule has 1 aliphatic rings. The fourth-order valence-electron chi connectivity index (χ4n) is 4.46. The van der Waals surface area contributed by atoms with Crippen molar-refractivity contribution in [2.75, 3.05) is 26.6 Å². The van der Waals surface area contributed by atoms with Gasteiger partial charge in [-0.2, -0.15) is 9.78 Å². The van der Waals surface area contributed by atoms with E-state index >= 15 is 0 Å². The highest BCUT2D eigenvalue weighted by molar-refractivity contribution is 7.20. The molecule has 1 N–H and O–H groups in total. The molecule has 0 radical (unpaired) electrons. The average molecular weight is 465 g/mol. The molecule has 33 heavy (non-hydrogen) atoms. The number of aryl methyl sites for hydroxylation is 2. The van der Waals surface area contributed by atoms with Crippen LogP contribution in [0.2, 0.25) is 0 Å². The number of amides is 1. The van der Waals surface area contributed by atoms with Crippen molar-refractivity contribution in [1.29, 1.82) is 0 Å². The number of hydrogen-bond donors (Lipinski definition) is 1. The summed E-state index contributed by atoms with van der Waals surface area (Å²) in [6.07, 6.45) is 0.268. The molecule has 0 saturated heterocycles. The van der Waals surface area contributed by atoms with Gasteiger partial charge in [-0.15, -0.1) is 0 Å². The van der Waals surface area contributed by atoms with Crippen LogP contribution in [0.3, 0.4) is 0 Å². The molecule has 5 rings (SSSR count). The number of thiazole rings is 1. The monoisotopic (exact) mass is 464 g/mol. The number of carbonyl (C=O) groups excluding carboxylic acids is 1. The Morgan fingerprint density at radius 1 is 1.06 bits per heavy atom. The minimum atomic E-state index is -0.256. The summed E-state index contributed by atoms with van der Waals surface area (Å²) in [5, 5.41) is 8.51. The SMILES string of the molecule is COc1ccc([C@@H]2CC(=O)Nc3c2c(C)nn3-c2nc3ccc(C)cc3s2)c(OC)c1OC. The Bertz CT molecular complexity index is 1390. The van der Waals surface area contributed by atoms with Crippen LogP contribution in [0.1, 0.15) is 34.7 Å². The largest absolute Gasteiger partial charge is 0.493 e. The highest BCUT2D eigenvalue weighted by atomic mass is 32.1. The topological polar surface area (TPSA) is 87.5 Å². The number of carbonyl (C=O) groups is 1. The van der Waals surface area contributed by atoms with Crippen molar-refractivity contribution in [2.45, 2.75) is 26.2 Å². The van der Waals surface area contributed by atoms with Crippen LogP contribution in [0, 0.1) is 13.8 Å². The summed E-state index contributed by atoms with van der Waals surface area (Å²) in [5.41, 5.74) is 4.68. The van der Waals surface area contributed by atoms with Gasteiger partial charge in [-0.25, -0.2) is 4.98 Å². The Kier molecular flexibility index (Phi) is 5.20. The molecule has 8 nitrogen and oxygen atoms in total. The zero-order valence-electron chi connectivity index (χ0n) is 19.1. The number of hydrogen-bond acceptors (Lipinski definition) is 7. The number of anilines is 1. The van der Waals surface area contributed by atoms with E-state index in [4.69, 9.17) is 24.3 Å². The van der Waals surface area contributed by atoms with Gasteiger partial charge in [0, 0.05) is 23.5 Å². The fourth-order valence-corrected chi connectivity index (χ4v) is 5.48. The molecule has 0 bridgehead atoms. The van der Waals surface area contributed by atoms with Gasteiger partial charge in [-0.1, -0.05) is 23.5 Å². The first kappa shape index (κ1) is 21.3. The Morgan fingerprint density at radius 2 is 1.85 bits per heavy atom. The van der Waals surface area contributed by atoms with Crippen LogP contribution in [-0.2, 0) is 4.79 Å². The van der Waals surface area contributed by atoms with Crippen LogP contribution in [0.5, 0.6) is 17.2 Å². The standard InChI is InChI=1S/C24H24N4O4S/c1-12-6-8-16-18(10-12)33-24(25-16)28-23-20(13(2)27-28)15(11-19(29)26-23)14-7-9-17(30-3)22(32-5)21(14)31-4/h6-10,15H,11H2,1-5H3,(H,26,29)/t15-/m0/s1. The third-order valence-electron chi connectivity index (χ3n) is 5.93. The number of rotatable bonds is 5. The maximum absolute atomic E-state index is 12.8. The lowest BCUT2D eigenvalue weighted by Gasteiger charge is -2.26. The second-order valence-electron chi connectivity index (χ2n) is 7.96. The maximum atomic E-state index is 12.8. The van der Waals surface area contributed by atoms with E-state index in [2.05, 4.69) is 18.3 Å². The quantitative estimate of drug-likeness (QED) is 0.465. The summed E-state index contributed by atoms with van der Waals surface area (Å²) in [6.45, 7) is 4.00. The van der Waals surface area contributed by atoms with Gasteiger partial charge in [0.25, 0.3) is 0 Å². The minimum absolute atomic E-state index is 0.0950. The molecule has 9 heteroatoms. The third-order valence-corrected chi connectivity index (χ3v) is 6.92. The summed E-state index contributed by atoms with van der Waals surface area (Å²) >= 11 is 1.54. The number of methoxy groups -OCH3 is 3. The summed E-state index contributed by atoms with van der Waals surface area (Å²) in [5.74, 6) is 1.90. The van der Waals surface area contributed by atoms with Crippen molar-refractivity contribution in [2.24, 2.45) is 0 Å². The Hall–Kier alpha value is -3.59. The van der Waals surface area contributed by atoms with Crippen molar-refractivity contribution in [1.82, 2.24) is 14.8 Å². The van der Waals surface area contributed by atoms with E-state index in [1.54, 1.807) is 37.3 Å². The number of nitrogens with one attached hydrogen (secondary N) is 1. The van der Waals surface area contributed by atoms with Gasteiger partial charge in [-0.05, 0) is 37.6 Å². The molecule has 0 spiro atoms. The van der Waals surface area contributed by atoms with Crippen LogP contribution in [0.15, 0.2) is 30.3 Å². The summed E-state index contributed by atoms with van der Waals surface area (Å²) in [6, 6.07) is 9.90. The number of benzene rings is 2. The summed E-state index contributed by atoms with van der Waals surface area (Å²) in [7, 11) is 4.74. The number of aromatic nitrogens is 3. The van der Waals surface area contributed by atoms with Crippen molar-refractivity contribution >= 4 is 33.3 Å². The number of fused-ring (bicyclic) bond motifs is 2. The molecule has 0 fully saturated rings. The Balaban J connectivity index is 1.68. The lowest BCUT2D eigenvalue weighted by atomic mass is 9.85. The van der Waals surface area contributed by atoms with Crippen LogP contribution < -0.4 is 19.5 Å². The fraction of sp³-hybridized carbons (Fsp3) is 0.292. The van der Waals surface area contributed by atoms with Crippen molar-refractivity contribution < 1.29 is 19.0 Å². The predicted molar refractivity (Wildman–Crippen MR) is 127 cm³/mol. The maximum Gasteiger partial charge on any atom is 0.226 e. The molecule has 4 aromatic rings. The average Bonchev–Trinajstić information content (AvgIpc) is 3.37. The van der Waals surface area contributed by atoms with E-state index < -0.39 is 0 Å². The van der Waals surface area contributed by atoms with Crippen molar-refractivity contribution in [3.63, 3.8) is 0 Å². The molecule has 1 atom stereocenters. The van der Waals surface area contributed by atoms with Gasteiger partial charge in [0.05, 0.1) is 37.2 Å². The van der Waals surface area contributed by atoms with Gasteiger partial charge in [-0.3, -0.25) is 4.79 Å². The Labute approximate surface area is 195 Å². The predicted octanol–water partition coefficient (Wildman–Crippen LogP) is 4.60. The lowest BCUT2D eigenvalue weighted by Crippen LogP contribution is -2.25. The van der Waals surface area contributed by atoms with Crippen LogP contribution in [0.25, 0.3) is 15.3 Å². The van der Waals surface area contributed by atoms with E-state index in [9.17, 15) is 4.79 Å². The smallest absolute Gasteiger partial charge is 0.226 e. The zero-order chi connectivity index (χ0) is 23.3.